The summed E-state index contributed by atoms with van der Waals surface area (Å²) < 4.78 is 5.63. The van der Waals surface area contributed by atoms with E-state index in [-0.39, 0.29) is 18.3 Å². The van der Waals surface area contributed by atoms with Crippen LogP contribution in [0.2, 0.25) is 0 Å². The molecule has 2 aromatic rings. The van der Waals surface area contributed by atoms with Crippen molar-refractivity contribution in [3.8, 4) is 11.5 Å². The fourth-order valence-corrected chi connectivity index (χ4v) is 1.79. The maximum Gasteiger partial charge on any atom is 0.161 e. The van der Waals surface area contributed by atoms with Gasteiger partial charge in [0, 0.05) is 12.5 Å². The van der Waals surface area contributed by atoms with E-state index < -0.39 is 0 Å². The zero-order valence-electron chi connectivity index (χ0n) is 10.9. The molecule has 0 saturated carbocycles. The minimum Gasteiger partial charge on any atom is -0.504 e. The van der Waals surface area contributed by atoms with Crippen LogP contribution in [0.3, 0.4) is 0 Å². The summed E-state index contributed by atoms with van der Waals surface area (Å²) in [7, 11) is 0. The van der Waals surface area contributed by atoms with Crippen molar-refractivity contribution in [3.63, 3.8) is 0 Å². The van der Waals surface area contributed by atoms with Crippen molar-refractivity contribution in [1.29, 1.82) is 0 Å². The summed E-state index contributed by atoms with van der Waals surface area (Å²) in [5, 5.41) is 18.9. The fourth-order valence-electron chi connectivity index (χ4n) is 1.79. The third-order valence-electron chi connectivity index (χ3n) is 3.06. The number of aliphatic hydroxyl groups excluding tert-OH is 1. The zero-order chi connectivity index (χ0) is 13.7. The predicted molar refractivity (Wildman–Crippen MR) is 74.4 cm³/mol. The molecule has 19 heavy (non-hydrogen) atoms. The van der Waals surface area contributed by atoms with Gasteiger partial charge in [0.2, 0.25) is 0 Å². The number of phenolic OH excluding ortho intramolecular Hbond substituents is 1. The Bertz CT molecular complexity index is 523. The Balaban J connectivity index is 2.11. The van der Waals surface area contributed by atoms with Crippen LogP contribution >= 0.6 is 0 Å². The van der Waals surface area contributed by atoms with Crippen molar-refractivity contribution in [2.75, 3.05) is 6.61 Å². The molecule has 2 aromatic carbocycles. The van der Waals surface area contributed by atoms with Gasteiger partial charge >= 0.3 is 0 Å². The molecule has 0 amide bonds. The molecule has 0 saturated heterocycles. The van der Waals surface area contributed by atoms with Gasteiger partial charge in [-0.1, -0.05) is 43.3 Å². The average Bonchev–Trinajstić information content (AvgIpc) is 2.46. The SMILES string of the molecule is CC(CO)c1ccc(O)c(OCc2ccccc2)c1. The standard InChI is InChI=1S/C16H18O3/c1-12(10-17)14-7-8-15(18)16(9-14)19-11-13-5-3-2-4-6-13/h2-9,12,17-18H,10-11H2,1H3. The number of hydrogen-bond donors (Lipinski definition) is 2. The summed E-state index contributed by atoms with van der Waals surface area (Å²) in [6.45, 7) is 2.40. The highest BCUT2D eigenvalue weighted by atomic mass is 16.5. The van der Waals surface area contributed by atoms with Gasteiger partial charge in [0.25, 0.3) is 0 Å². The van der Waals surface area contributed by atoms with E-state index in [9.17, 15) is 5.11 Å². The van der Waals surface area contributed by atoms with Crippen LogP contribution in [0.4, 0.5) is 0 Å². The zero-order valence-corrected chi connectivity index (χ0v) is 10.9. The molecular weight excluding hydrogens is 240 g/mol. The molecule has 0 bridgehead atoms. The first-order chi connectivity index (χ1) is 9.20. The number of aliphatic hydroxyl groups is 1. The van der Waals surface area contributed by atoms with Gasteiger partial charge in [-0.2, -0.15) is 0 Å². The molecule has 0 aromatic heterocycles. The Morgan fingerprint density at radius 3 is 2.53 bits per heavy atom. The lowest BCUT2D eigenvalue weighted by Crippen LogP contribution is -2.00. The van der Waals surface area contributed by atoms with Gasteiger partial charge in [-0.3, -0.25) is 0 Å². The lowest BCUT2D eigenvalue weighted by molar-refractivity contribution is 0.270. The topological polar surface area (TPSA) is 49.7 Å². The van der Waals surface area contributed by atoms with Gasteiger partial charge < -0.3 is 14.9 Å². The largest absolute Gasteiger partial charge is 0.504 e. The molecule has 0 aliphatic rings. The highest BCUT2D eigenvalue weighted by molar-refractivity contribution is 5.43. The first kappa shape index (κ1) is 13.4. The van der Waals surface area contributed by atoms with Crippen molar-refractivity contribution in [3.05, 3.63) is 59.7 Å². The summed E-state index contributed by atoms with van der Waals surface area (Å²) in [6.07, 6.45) is 0. The van der Waals surface area contributed by atoms with Crippen LogP contribution < -0.4 is 4.74 Å². The van der Waals surface area contributed by atoms with Crippen LogP contribution in [0.5, 0.6) is 11.5 Å². The lowest BCUT2D eigenvalue weighted by Gasteiger charge is -2.13. The number of hydrogen-bond acceptors (Lipinski definition) is 3. The number of rotatable bonds is 5. The summed E-state index contributed by atoms with van der Waals surface area (Å²) in [5.41, 5.74) is 1.99. The molecule has 2 rings (SSSR count). The van der Waals surface area contributed by atoms with Gasteiger partial charge in [0.05, 0.1) is 0 Å². The fraction of sp³-hybridized carbons (Fsp3) is 0.250. The van der Waals surface area contributed by atoms with Crippen molar-refractivity contribution in [2.24, 2.45) is 0 Å². The van der Waals surface area contributed by atoms with Crippen molar-refractivity contribution in [2.45, 2.75) is 19.4 Å². The summed E-state index contributed by atoms with van der Waals surface area (Å²) >= 11 is 0. The van der Waals surface area contributed by atoms with Gasteiger partial charge in [-0.25, -0.2) is 0 Å². The predicted octanol–water partition coefficient (Wildman–Crippen LogP) is 3.07. The first-order valence-corrected chi connectivity index (χ1v) is 6.31. The molecule has 0 radical (unpaired) electrons. The van der Waals surface area contributed by atoms with E-state index in [1.165, 1.54) is 0 Å². The second-order valence-corrected chi connectivity index (χ2v) is 4.59. The quantitative estimate of drug-likeness (QED) is 0.866. The second kappa shape index (κ2) is 6.25. The Labute approximate surface area is 113 Å². The Morgan fingerprint density at radius 1 is 1.11 bits per heavy atom. The molecule has 100 valence electrons. The van der Waals surface area contributed by atoms with E-state index in [0.717, 1.165) is 11.1 Å². The molecule has 0 heterocycles. The van der Waals surface area contributed by atoms with Crippen molar-refractivity contribution < 1.29 is 14.9 Å². The minimum absolute atomic E-state index is 0.0275. The van der Waals surface area contributed by atoms with E-state index in [2.05, 4.69) is 0 Å². The van der Waals surface area contributed by atoms with E-state index >= 15 is 0 Å². The number of ether oxygens (including phenoxy) is 1. The molecular formula is C16H18O3. The molecule has 0 aliphatic heterocycles. The average molecular weight is 258 g/mol. The normalized spacial score (nSPS) is 12.1. The molecule has 0 spiro atoms. The Morgan fingerprint density at radius 2 is 1.84 bits per heavy atom. The smallest absolute Gasteiger partial charge is 0.161 e. The van der Waals surface area contributed by atoms with E-state index in [0.29, 0.717) is 12.4 Å². The molecule has 1 atom stereocenters. The highest BCUT2D eigenvalue weighted by Crippen LogP contribution is 2.30. The van der Waals surface area contributed by atoms with Gasteiger partial charge in [0.15, 0.2) is 11.5 Å². The Kier molecular flexibility index (Phi) is 4.42. The minimum atomic E-state index is 0.0275. The molecule has 3 nitrogen and oxygen atoms in total. The van der Waals surface area contributed by atoms with Gasteiger partial charge in [-0.15, -0.1) is 0 Å². The third kappa shape index (κ3) is 3.48. The van der Waals surface area contributed by atoms with E-state index in [1.807, 2.05) is 37.3 Å². The molecule has 3 heteroatoms. The summed E-state index contributed by atoms with van der Waals surface area (Å²) in [4.78, 5) is 0. The maximum absolute atomic E-state index is 9.78. The molecule has 2 N–H and O–H groups in total. The monoisotopic (exact) mass is 258 g/mol. The van der Waals surface area contributed by atoms with Gasteiger partial charge in [-0.05, 0) is 23.3 Å². The molecule has 0 fully saturated rings. The Hall–Kier alpha value is -2.00. The van der Waals surface area contributed by atoms with Crippen LogP contribution in [0.25, 0.3) is 0 Å². The van der Waals surface area contributed by atoms with E-state index in [4.69, 9.17) is 9.84 Å². The second-order valence-electron chi connectivity index (χ2n) is 4.59. The summed E-state index contributed by atoms with van der Waals surface area (Å²) in [5.74, 6) is 0.589. The van der Waals surface area contributed by atoms with Crippen LogP contribution in [0, 0.1) is 0 Å². The lowest BCUT2D eigenvalue weighted by atomic mass is 10.0. The van der Waals surface area contributed by atoms with Crippen molar-refractivity contribution >= 4 is 0 Å². The number of aromatic hydroxyl groups is 1. The number of phenols is 1. The van der Waals surface area contributed by atoms with Crippen LogP contribution in [0.1, 0.15) is 24.0 Å². The molecule has 1 unspecified atom stereocenters. The summed E-state index contributed by atoms with van der Waals surface area (Å²) in [6, 6.07) is 15.0. The van der Waals surface area contributed by atoms with Crippen LogP contribution in [-0.4, -0.2) is 16.8 Å². The van der Waals surface area contributed by atoms with Crippen molar-refractivity contribution in [1.82, 2.24) is 0 Å². The first-order valence-electron chi connectivity index (χ1n) is 6.31. The van der Waals surface area contributed by atoms with E-state index in [1.54, 1.807) is 18.2 Å². The third-order valence-corrected chi connectivity index (χ3v) is 3.06. The van der Waals surface area contributed by atoms with Crippen LogP contribution in [0.15, 0.2) is 48.5 Å². The van der Waals surface area contributed by atoms with Gasteiger partial charge in [0.1, 0.15) is 6.61 Å². The number of benzene rings is 2. The molecule has 0 aliphatic carbocycles. The maximum atomic E-state index is 9.78. The van der Waals surface area contributed by atoms with Crippen LogP contribution in [-0.2, 0) is 6.61 Å². The highest BCUT2D eigenvalue weighted by Gasteiger charge is 2.09.